The van der Waals surface area contributed by atoms with Gasteiger partial charge in [-0.3, -0.25) is 4.79 Å². The van der Waals surface area contributed by atoms with Crippen LogP contribution < -0.4 is 9.64 Å². The van der Waals surface area contributed by atoms with Crippen LogP contribution in [0.15, 0.2) is 18.2 Å². The van der Waals surface area contributed by atoms with Crippen LogP contribution in [0.25, 0.3) is 0 Å². The molecule has 1 aliphatic heterocycles. The van der Waals surface area contributed by atoms with Crippen molar-refractivity contribution in [3.05, 3.63) is 23.8 Å². The summed E-state index contributed by atoms with van der Waals surface area (Å²) in [5, 5.41) is 9.01. The van der Waals surface area contributed by atoms with Crippen molar-refractivity contribution in [2.45, 2.75) is 20.3 Å². The molecule has 5 nitrogen and oxygen atoms in total. The Bertz CT molecular complexity index is 510. The van der Waals surface area contributed by atoms with Gasteiger partial charge in [0.15, 0.2) is 6.61 Å². The lowest BCUT2D eigenvalue weighted by Gasteiger charge is -2.30. The molecule has 1 amide bonds. The molecule has 0 bridgehead atoms. The van der Waals surface area contributed by atoms with Crippen molar-refractivity contribution in [3.63, 3.8) is 0 Å². The third-order valence-electron chi connectivity index (χ3n) is 3.08. The van der Waals surface area contributed by atoms with Crippen molar-refractivity contribution in [1.29, 1.82) is 0 Å². The molecule has 0 radical (unpaired) electrons. The van der Waals surface area contributed by atoms with Gasteiger partial charge in [-0.15, -0.1) is 0 Å². The molecule has 1 aromatic carbocycles. The highest BCUT2D eigenvalue weighted by atomic mass is 16.5. The van der Waals surface area contributed by atoms with Crippen molar-refractivity contribution >= 4 is 17.6 Å². The first kappa shape index (κ1) is 13.4. The van der Waals surface area contributed by atoms with Crippen LogP contribution in [-0.2, 0) is 4.79 Å². The Kier molecular flexibility index (Phi) is 3.74. The van der Waals surface area contributed by atoms with E-state index in [4.69, 9.17) is 9.84 Å². The summed E-state index contributed by atoms with van der Waals surface area (Å²) in [5.41, 5.74) is 0.711. The minimum absolute atomic E-state index is 0.0114. The molecule has 5 heteroatoms. The Morgan fingerprint density at radius 1 is 1.47 bits per heavy atom. The van der Waals surface area contributed by atoms with E-state index in [2.05, 4.69) is 13.8 Å². The van der Waals surface area contributed by atoms with Crippen molar-refractivity contribution < 1.29 is 19.4 Å². The molecule has 102 valence electrons. The van der Waals surface area contributed by atoms with E-state index in [1.54, 1.807) is 11.0 Å². The fourth-order valence-corrected chi connectivity index (χ4v) is 1.97. The number of carboxylic acids is 1. The standard InChI is InChI=1S/C14H17NO4/c1-9(2)5-6-15-11-7-10(14(17)18)3-4-12(11)19-8-13(15)16/h3-4,7,9H,5-6,8H2,1-2H3,(H,17,18). The predicted molar refractivity (Wildman–Crippen MR) is 70.7 cm³/mol. The molecule has 0 atom stereocenters. The predicted octanol–water partition coefficient (Wildman–Crippen LogP) is 2.16. The quantitative estimate of drug-likeness (QED) is 0.904. The van der Waals surface area contributed by atoms with Gasteiger partial charge >= 0.3 is 5.97 Å². The molecule has 1 heterocycles. The molecule has 0 saturated heterocycles. The summed E-state index contributed by atoms with van der Waals surface area (Å²) in [7, 11) is 0. The van der Waals surface area contributed by atoms with Gasteiger partial charge in [-0.25, -0.2) is 4.79 Å². The van der Waals surface area contributed by atoms with Crippen LogP contribution >= 0.6 is 0 Å². The van der Waals surface area contributed by atoms with Crippen LogP contribution in [0.4, 0.5) is 5.69 Å². The molecule has 0 spiro atoms. The second-order valence-corrected chi connectivity index (χ2v) is 5.00. The smallest absolute Gasteiger partial charge is 0.335 e. The first-order valence-corrected chi connectivity index (χ1v) is 6.29. The lowest BCUT2D eigenvalue weighted by Crippen LogP contribution is -2.39. The second kappa shape index (κ2) is 5.30. The number of carbonyl (C=O) groups excluding carboxylic acids is 1. The summed E-state index contributed by atoms with van der Waals surface area (Å²) in [5.74, 6) is -0.101. The number of aromatic carboxylic acids is 1. The zero-order chi connectivity index (χ0) is 14.0. The number of benzene rings is 1. The highest BCUT2D eigenvalue weighted by Crippen LogP contribution is 2.33. The third kappa shape index (κ3) is 2.86. The van der Waals surface area contributed by atoms with Gasteiger partial charge in [0, 0.05) is 6.54 Å². The number of hydrogen-bond acceptors (Lipinski definition) is 3. The third-order valence-corrected chi connectivity index (χ3v) is 3.08. The Balaban J connectivity index is 2.32. The van der Waals surface area contributed by atoms with Crippen molar-refractivity contribution in [2.75, 3.05) is 18.1 Å². The number of rotatable bonds is 4. The maximum Gasteiger partial charge on any atom is 0.335 e. The SMILES string of the molecule is CC(C)CCN1C(=O)COc2ccc(C(=O)O)cc21. The Morgan fingerprint density at radius 3 is 2.84 bits per heavy atom. The summed E-state index contributed by atoms with van der Waals surface area (Å²) in [6, 6.07) is 4.58. The highest BCUT2D eigenvalue weighted by molar-refractivity contribution is 5.99. The summed E-state index contributed by atoms with van der Waals surface area (Å²) >= 11 is 0. The molecular formula is C14H17NO4. The van der Waals surface area contributed by atoms with Crippen molar-refractivity contribution in [3.8, 4) is 5.75 Å². The fraction of sp³-hybridized carbons (Fsp3) is 0.429. The maximum atomic E-state index is 11.9. The molecule has 2 rings (SSSR count). The minimum Gasteiger partial charge on any atom is -0.482 e. The Hall–Kier alpha value is -2.04. The molecule has 1 N–H and O–H groups in total. The largest absolute Gasteiger partial charge is 0.482 e. The van der Waals surface area contributed by atoms with Gasteiger partial charge in [-0.1, -0.05) is 13.8 Å². The van der Waals surface area contributed by atoms with Gasteiger partial charge in [0.2, 0.25) is 0 Å². The normalized spacial score (nSPS) is 14.3. The second-order valence-electron chi connectivity index (χ2n) is 5.00. The van der Waals surface area contributed by atoms with Gasteiger partial charge in [0.25, 0.3) is 5.91 Å². The number of carboxylic acid groups (broad SMARTS) is 1. The van der Waals surface area contributed by atoms with E-state index < -0.39 is 5.97 Å². The van der Waals surface area contributed by atoms with Gasteiger partial charge in [0.1, 0.15) is 5.75 Å². The molecule has 1 aliphatic rings. The number of hydrogen-bond donors (Lipinski definition) is 1. The number of fused-ring (bicyclic) bond motifs is 1. The lowest BCUT2D eigenvalue weighted by molar-refractivity contribution is -0.121. The average Bonchev–Trinajstić information content (AvgIpc) is 2.36. The van der Waals surface area contributed by atoms with E-state index in [1.807, 2.05) is 0 Å². The highest BCUT2D eigenvalue weighted by Gasteiger charge is 2.26. The number of carbonyl (C=O) groups is 2. The number of ether oxygens (including phenoxy) is 1. The first-order valence-electron chi connectivity index (χ1n) is 6.29. The maximum absolute atomic E-state index is 11.9. The lowest BCUT2D eigenvalue weighted by atomic mass is 10.1. The summed E-state index contributed by atoms with van der Waals surface area (Å²) in [6.45, 7) is 4.76. The zero-order valence-electron chi connectivity index (χ0n) is 11.0. The van der Waals surface area contributed by atoms with Crippen LogP contribution in [0.5, 0.6) is 5.75 Å². The molecule has 0 fully saturated rings. The zero-order valence-corrected chi connectivity index (χ0v) is 11.0. The van der Waals surface area contributed by atoms with E-state index in [0.29, 0.717) is 23.9 Å². The van der Waals surface area contributed by atoms with E-state index in [9.17, 15) is 9.59 Å². The topological polar surface area (TPSA) is 66.8 Å². The van der Waals surface area contributed by atoms with Crippen molar-refractivity contribution in [1.82, 2.24) is 0 Å². The molecule has 0 unspecified atom stereocenters. The number of anilines is 1. The van der Waals surface area contributed by atoms with E-state index in [-0.39, 0.29) is 18.1 Å². The van der Waals surface area contributed by atoms with Gasteiger partial charge in [-0.2, -0.15) is 0 Å². The first-order chi connectivity index (χ1) is 8.99. The Labute approximate surface area is 111 Å². The van der Waals surface area contributed by atoms with Crippen LogP contribution in [0.2, 0.25) is 0 Å². The average molecular weight is 263 g/mol. The summed E-state index contributed by atoms with van der Waals surface area (Å²) < 4.78 is 5.32. The molecule has 0 aromatic heterocycles. The van der Waals surface area contributed by atoms with Gasteiger partial charge in [-0.05, 0) is 30.5 Å². The molecule has 0 aliphatic carbocycles. The monoisotopic (exact) mass is 263 g/mol. The summed E-state index contributed by atoms with van der Waals surface area (Å²) in [6.07, 6.45) is 0.864. The Morgan fingerprint density at radius 2 is 2.21 bits per heavy atom. The fourth-order valence-electron chi connectivity index (χ4n) is 1.97. The molecule has 19 heavy (non-hydrogen) atoms. The van der Waals surface area contributed by atoms with Gasteiger partial charge in [0.05, 0.1) is 11.3 Å². The minimum atomic E-state index is -1.01. The molecule has 1 aromatic rings. The van der Waals surface area contributed by atoms with Gasteiger partial charge < -0.3 is 14.7 Å². The molecule has 0 saturated carbocycles. The van der Waals surface area contributed by atoms with Crippen LogP contribution in [0.3, 0.4) is 0 Å². The van der Waals surface area contributed by atoms with Crippen LogP contribution in [0.1, 0.15) is 30.6 Å². The van der Waals surface area contributed by atoms with E-state index in [1.165, 1.54) is 12.1 Å². The van der Waals surface area contributed by atoms with E-state index in [0.717, 1.165) is 6.42 Å². The number of nitrogens with zero attached hydrogens (tertiary/aromatic N) is 1. The number of amides is 1. The van der Waals surface area contributed by atoms with Crippen molar-refractivity contribution in [2.24, 2.45) is 5.92 Å². The van der Waals surface area contributed by atoms with Crippen LogP contribution in [0, 0.1) is 5.92 Å². The van der Waals surface area contributed by atoms with E-state index >= 15 is 0 Å². The summed E-state index contributed by atoms with van der Waals surface area (Å²) in [4.78, 5) is 24.5. The van der Waals surface area contributed by atoms with Crippen LogP contribution in [-0.4, -0.2) is 30.1 Å². The molecular weight excluding hydrogens is 246 g/mol.